The molecule has 2 aromatic heterocycles. The van der Waals surface area contributed by atoms with Crippen LogP contribution in [0, 0.1) is 6.92 Å². The molecule has 0 saturated heterocycles. The second-order valence-corrected chi connectivity index (χ2v) is 8.84. The number of furan rings is 1. The minimum atomic E-state index is -1.05. The number of amides is 2. The summed E-state index contributed by atoms with van der Waals surface area (Å²) in [7, 11) is 0. The van der Waals surface area contributed by atoms with Crippen LogP contribution in [0.4, 0.5) is 5.69 Å². The number of ether oxygens (including phenoxy) is 1. The predicted molar refractivity (Wildman–Crippen MR) is 130 cm³/mol. The van der Waals surface area contributed by atoms with Gasteiger partial charge in [0, 0.05) is 11.3 Å². The molecule has 2 amide bonds. The minimum absolute atomic E-state index is 0.0786. The number of carbonyl (C=O) groups is 3. The summed E-state index contributed by atoms with van der Waals surface area (Å²) in [4.78, 5) is 41.4. The number of nitrogens with zero attached hydrogens (tertiary/aromatic N) is 1. The Morgan fingerprint density at radius 2 is 1.82 bits per heavy atom. The molecule has 0 aliphatic heterocycles. The summed E-state index contributed by atoms with van der Waals surface area (Å²) >= 11 is 1.61. The Morgan fingerprint density at radius 3 is 2.53 bits per heavy atom. The molecular formula is C25H23N3O5S. The first-order valence-electron chi connectivity index (χ1n) is 10.6. The molecule has 0 spiro atoms. The summed E-state index contributed by atoms with van der Waals surface area (Å²) < 4.78 is 11.3. The van der Waals surface area contributed by atoms with E-state index in [2.05, 4.69) is 21.7 Å². The molecule has 4 rings (SSSR count). The number of anilines is 1. The lowest BCUT2D eigenvalue weighted by atomic mass is 10.2. The van der Waals surface area contributed by atoms with Crippen LogP contribution in [0.3, 0.4) is 0 Å². The second kappa shape index (κ2) is 9.88. The van der Waals surface area contributed by atoms with Crippen LogP contribution in [0.1, 0.15) is 30.0 Å². The molecule has 2 aromatic carbocycles. The third-order valence-electron chi connectivity index (χ3n) is 5.05. The standard InChI is InChI=1S/C25H23N3O5S/c1-14-6-11-19-21(13-14)34-24(28-19)17-7-9-18(10-8-17)27-22(29)16(3)33-25(31)15(2)26-23(30)20-5-4-12-32-20/h4-13,15-16H,1-3H3,(H,26,30)(H,27,29)/t15-,16+/m1/s1. The van der Waals surface area contributed by atoms with Gasteiger partial charge in [0.25, 0.3) is 11.8 Å². The zero-order chi connectivity index (χ0) is 24.2. The van der Waals surface area contributed by atoms with Crippen molar-refractivity contribution in [2.24, 2.45) is 0 Å². The maximum atomic E-state index is 12.5. The van der Waals surface area contributed by atoms with Crippen molar-refractivity contribution in [1.29, 1.82) is 0 Å². The van der Waals surface area contributed by atoms with Gasteiger partial charge in [0.2, 0.25) is 0 Å². The summed E-state index contributed by atoms with van der Waals surface area (Å²) in [6.45, 7) is 4.98. The van der Waals surface area contributed by atoms with Gasteiger partial charge in [0.05, 0.1) is 16.5 Å². The zero-order valence-corrected chi connectivity index (χ0v) is 19.6. The summed E-state index contributed by atoms with van der Waals surface area (Å²) in [5.41, 5.74) is 3.64. The van der Waals surface area contributed by atoms with Crippen LogP contribution in [-0.2, 0) is 14.3 Å². The van der Waals surface area contributed by atoms with E-state index in [-0.39, 0.29) is 5.76 Å². The Bertz CT molecular complexity index is 1330. The van der Waals surface area contributed by atoms with Gasteiger partial charge in [-0.1, -0.05) is 6.07 Å². The van der Waals surface area contributed by atoms with Crippen molar-refractivity contribution in [3.63, 3.8) is 0 Å². The summed E-state index contributed by atoms with van der Waals surface area (Å²) in [5, 5.41) is 6.09. The highest BCUT2D eigenvalue weighted by atomic mass is 32.1. The highest BCUT2D eigenvalue weighted by Crippen LogP contribution is 2.31. The number of hydrogen-bond donors (Lipinski definition) is 2. The van der Waals surface area contributed by atoms with Gasteiger partial charge in [-0.05, 0) is 74.9 Å². The van der Waals surface area contributed by atoms with Crippen LogP contribution in [0.2, 0.25) is 0 Å². The van der Waals surface area contributed by atoms with Gasteiger partial charge >= 0.3 is 5.97 Å². The summed E-state index contributed by atoms with van der Waals surface area (Å²) in [6, 6.07) is 15.5. The molecule has 4 aromatic rings. The topological polar surface area (TPSA) is 111 Å². The van der Waals surface area contributed by atoms with E-state index in [1.807, 2.05) is 31.2 Å². The van der Waals surface area contributed by atoms with E-state index in [4.69, 9.17) is 9.15 Å². The van der Waals surface area contributed by atoms with Gasteiger partial charge < -0.3 is 19.8 Å². The first-order valence-corrected chi connectivity index (χ1v) is 11.4. The lowest BCUT2D eigenvalue weighted by Gasteiger charge is -2.17. The quantitative estimate of drug-likeness (QED) is 0.378. The number of thiazole rings is 1. The molecule has 0 bridgehead atoms. The highest BCUT2D eigenvalue weighted by molar-refractivity contribution is 7.21. The average Bonchev–Trinajstić information content (AvgIpc) is 3.49. The molecule has 0 fully saturated rings. The van der Waals surface area contributed by atoms with Crippen molar-refractivity contribution in [2.45, 2.75) is 32.9 Å². The van der Waals surface area contributed by atoms with Gasteiger partial charge in [-0.25, -0.2) is 9.78 Å². The molecule has 0 radical (unpaired) electrons. The average molecular weight is 478 g/mol. The maximum Gasteiger partial charge on any atom is 0.329 e. The number of fused-ring (bicyclic) bond motifs is 1. The number of carbonyl (C=O) groups excluding carboxylic acids is 3. The Kier molecular flexibility index (Phi) is 6.74. The zero-order valence-electron chi connectivity index (χ0n) is 18.8. The van der Waals surface area contributed by atoms with Gasteiger partial charge in [-0.3, -0.25) is 9.59 Å². The van der Waals surface area contributed by atoms with E-state index in [9.17, 15) is 14.4 Å². The smallest absolute Gasteiger partial charge is 0.329 e. The minimum Gasteiger partial charge on any atom is -0.459 e. The SMILES string of the molecule is Cc1ccc2nc(-c3ccc(NC(=O)[C@H](C)OC(=O)[C@@H](C)NC(=O)c4ccco4)cc3)sc2c1. The van der Waals surface area contributed by atoms with Crippen molar-refractivity contribution in [2.75, 3.05) is 5.32 Å². The first kappa shape index (κ1) is 23.2. The maximum absolute atomic E-state index is 12.5. The molecule has 0 saturated carbocycles. The fraction of sp³-hybridized carbons (Fsp3) is 0.200. The number of aromatic nitrogens is 1. The number of esters is 1. The second-order valence-electron chi connectivity index (χ2n) is 7.81. The van der Waals surface area contributed by atoms with E-state index < -0.39 is 29.9 Å². The third kappa shape index (κ3) is 5.32. The molecule has 0 aliphatic carbocycles. The van der Waals surface area contributed by atoms with Crippen LogP contribution in [0.15, 0.2) is 65.3 Å². The van der Waals surface area contributed by atoms with Crippen LogP contribution >= 0.6 is 11.3 Å². The van der Waals surface area contributed by atoms with E-state index >= 15 is 0 Å². The van der Waals surface area contributed by atoms with E-state index in [0.717, 1.165) is 20.8 Å². The molecule has 9 heteroatoms. The first-order chi connectivity index (χ1) is 16.3. The number of aryl methyl sites for hydroxylation is 1. The largest absolute Gasteiger partial charge is 0.459 e. The number of rotatable bonds is 7. The van der Waals surface area contributed by atoms with Crippen LogP contribution in [-0.4, -0.2) is 34.9 Å². The number of nitrogens with one attached hydrogen (secondary N) is 2. The van der Waals surface area contributed by atoms with Gasteiger partial charge in [0.15, 0.2) is 11.9 Å². The molecule has 0 unspecified atom stereocenters. The Labute approximate surface area is 199 Å². The molecule has 2 atom stereocenters. The molecule has 174 valence electrons. The van der Waals surface area contributed by atoms with Crippen LogP contribution < -0.4 is 10.6 Å². The monoisotopic (exact) mass is 477 g/mol. The van der Waals surface area contributed by atoms with Crippen molar-refractivity contribution in [3.8, 4) is 10.6 Å². The van der Waals surface area contributed by atoms with Crippen molar-refractivity contribution < 1.29 is 23.5 Å². The van der Waals surface area contributed by atoms with E-state index in [0.29, 0.717) is 5.69 Å². The predicted octanol–water partition coefficient (Wildman–Crippen LogP) is 4.55. The molecular weight excluding hydrogens is 454 g/mol. The van der Waals surface area contributed by atoms with Gasteiger partial charge in [-0.2, -0.15) is 0 Å². The number of hydrogen-bond acceptors (Lipinski definition) is 7. The van der Waals surface area contributed by atoms with E-state index in [1.54, 1.807) is 29.5 Å². The molecule has 34 heavy (non-hydrogen) atoms. The van der Waals surface area contributed by atoms with Crippen molar-refractivity contribution >= 4 is 45.0 Å². The van der Waals surface area contributed by atoms with Crippen molar-refractivity contribution in [3.05, 3.63) is 72.2 Å². The lowest BCUT2D eigenvalue weighted by molar-refractivity contribution is -0.154. The van der Waals surface area contributed by atoms with Crippen LogP contribution in [0.5, 0.6) is 0 Å². The van der Waals surface area contributed by atoms with Gasteiger partial charge in [-0.15, -0.1) is 11.3 Å². The highest BCUT2D eigenvalue weighted by Gasteiger charge is 2.24. The molecule has 2 N–H and O–H groups in total. The molecule has 8 nitrogen and oxygen atoms in total. The summed E-state index contributed by atoms with van der Waals surface area (Å²) in [6.07, 6.45) is 0.305. The van der Waals surface area contributed by atoms with Crippen LogP contribution in [0.25, 0.3) is 20.8 Å². The Morgan fingerprint density at radius 1 is 1.06 bits per heavy atom. The van der Waals surface area contributed by atoms with Crippen molar-refractivity contribution in [1.82, 2.24) is 10.3 Å². The molecule has 2 heterocycles. The normalized spacial score (nSPS) is 12.7. The fourth-order valence-corrected chi connectivity index (χ4v) is 4.23. The summed E-state index contributed by atoms with van der Waals surface area (Å²) in [5.74, 6) is -1.69. The lowest BCUT2D eigenvalue weighted by Crippen LogP contribution is -2.42. The molecule has 0 aliphatic rings. The number of benzene rings is 2. The van der Waals surface area contributed by atoms with Gasteiger partial charge in [0.1, 0.15) is 11.0 Å². The van der Waals surface area contributed by atoms with E-state index in [1.165, 1.54) is 31.7 Å². The third-order valence-corrected chi connectivity index (χ3v) is 6.12. The Balaban J connectivity index is 1.32. The Hall–Kier alpha value is -3.98. The fourth-order valence-electron chi connectivity index (χ4n) is 3.16.